The van der Waals surface area contributed by atoms with E-state index in [0.717, 1.165) is 12.8 Å². The molecule has 29 heavy (non-hydrogen) atoms. The van der Waals surface area contributed by atoms with E-state index < -0.39 is 6.10 Å². The topological polar surface area (TPSA) is 85.3 Å². The van der Waals surface area contributed by atoms with Crippen molar-refractivity contribution in [3.63, 3.8) is 0 Å². The molecule has 0 saturated carbocycles. The number of nitrogens with one attached hydrogen (secondary N) is 2. The number of rotatable bonds is 7. The summed E-state index contributed by atoms with van der Waals surface area (Å²) >= 11 is 0. The van der Waals surface area contributed by atoms with Crippen LogP contribution < -0.4 is 10.9 Å². The number of aromatic hydroxyl groups is 1. The molecule has 4 N–H and O–H groups in total. The summed E-state index contributed by atoms with van der Waals surface area (Å²) in [6.07, 6.45) is 1.14. The molecule has 6 heteroatoms. The predicted octanol–water partition coefficient (Wildman–Crippen LogP) is 4.00. The number of benzene rings is 2. The molecule has 0 saturated heterocycles. The van der Waals surface area contributed by atoms with Crippen LogP contribution in [0.4, 0.5) is 0 Å². The van der Waals surface area contributed by atoms with Crippen molar-refractivity contribution in [2.75, 3.05) is 6.54 Å². The molecule has 0 fully saturated rings. The van der Waals surface area contributed by atoms with E-state index in [0.29, 0.717) is 23.0 Å². The summed E-state index contributed by atoms with van der Waals surface area (Å²) in [5.74, 6) is -0.00460. The normalized spacial score (nSPS) is 12.6. The number of H-pyrrole nitrogens is 1. The maximum Gasteiger partial charge on any atom is 0.248 e. The number of halogens is 1. The third-order valence-electron chi connectivity index (χ3n) is 5.20. The van der Waals surface area contributed by atoms with Crippen LogP contribution in [0.5, 0.6) is 5.75 Å². The van der Waals surface area contributed by atoms with E-state index in [1.165, 1.54) is 23.3 Å². The highest BCUT2D eigenvalue weighted by atomic mass is 35.5. The molecule has 5 nitrogen and oxygen atoms in total. The second-order valence-corrected chi connectivity index (χ2v) is 8.05. The number of β-amino-alcohol motifs (C(OH)–C–C–N with tert-alkyl or cyclic N) is 1. The van der Waals surface area contributed by atoms with E-state index in [1.807, 2.05) is 0 Å². The number of aromatic nitrogens is 1. The minimum Gasteiger partial charge on any atom is -0.506 e. The maximum absolute atomic E-state index is 11.5. The zero-order chi connectivity index (χ0) is 20.3. The smallest absolute Gasteiger partial charge is 0.248 e. The molecular weight excluding hydrogens is 388 g/mol. The minimum atomic E-state index is -0.757. The van der Waals surface area contributed by atoms with E-state index in [1.54, 1.807) is 12.1 Å². The summed E-state index contributed by atoms with van der Waals surface area (Å²) in [6, 6.07) is 14.8. The molecule has 1 heterocycles. The largest absolute Gasteiger partial charge is 0.506 e. The Morgan fingerprint density at radius 2 is 1.76 bits per heavy atom. The van der Waals surface area contributed by atoms with Crippen molar-refractivity contribution in [2.45, 2.75) is 45.3 Å². The summed E-state index contributed by atoms with van der Waals surface area (Å²) in [5.41, 5.74) is 3.15. The summed E-state index contributed by atoms with van der Waals surface area (Å²) in [4.78, 5) is 14.2. The molecule has 3 rings (SSSR count). The molecule has 1 aromatic heterocycles. The number of aryl methyl sites for hydroxylation is 2. The molecule has 0 radical (unpaired) electrons. The van der Waals surface area contributed by atoms with Gasteiger partial charge in [0.15, 0.2) is 0 Å². The number of pyridine rings is 1. The standard InChI is InChI=1S/C23H28N2O3.ClH/c1-15-4-6-16(7-5-15)12-13-23(2,3)24-14-20(27)17-8-10-19(26)22-18(17)9-11-21(28)25-22;/h4-11,20,24,26-27H,12-14H2,1-3H3,(H,25,28);1H. The molecule has 0 aliphatic heterocycles. The fourth-order valence-electron chi connectivity index (χ4n) is 3.33. The SMILES string of the molecule is Cc1ccc(CCC(C)(C)NCC(O)c2ccc(O)c3[nH]c(=O)ccc23)cc1.Cl. The van der Waals surface area contributed by atoms with Gasteiger partial charge in [-0.25, -0.2) is 0 Å². The van der Waals surface area contributed by atoms with Crippen molar-refractivity contribution < 1.29 is 10.2 Å². The van der Waals surface area contributed by atoms with Crippen LogP contribution in [0.2, 0.25) is 0 Å². The van der Waals surface area contributed by atoms with E-state index in [2.05, 4.69) is 55.3 Å². The number of phenolic OH excluding ortho intramolecular Hbond substituents is 1. The molecule has 1 unspecified atom stereocenters. The molecule has 0 spiro atoms. The van der Waals surface area contributed by atoms with Gasteiger partial charge in [0.05, 0.1) is 11.6 Å². The van der Waals surface area contributed by atoms with E-state index in [9.17, 15) is 15.0 Å². The first-order valence-corrected chi connectivity index (χ1v) is 9.59. The van der Waals surface area contributed by atoms with Gasteiger partial charge in [0.2, 0.25) is 5.56 Å². The lowest BCUT2D eigenvalue weighted by molar-refractivity contribution is 0.160. The second kappa shape index (κ2) is 9.44. The number of aliphatic hydroxyl groups excluding tert-OH is 1. The van der Waals surface area contributed by atoms with Crippen LogP contribution in [-0.2, 0) is 6.42 Å². The van der Waals surface area contributed by atoms with Crippen molar-refractivity contribution in [3.05, 3.63) is 75.6 Å². The summed E-state index contributed by atoms with van der Waals surface area (Å²) in [6.45, 7) is 6.71. The molecule has 2 aromatic carbocycles. The van der Waals surface area contributed by atoms with Gasteiger partial charge in [0.1, 0.15) is 5.75 Å². The van der Waals surface area contributed by atoms with E-state index in [-0.39, 0.29) is 29.3 Å². The summed E-state index contributed by atoms with van der Waals surface area (Å²) in [5, 5.41) is 24.8. The van der Waals surface area contributed by atoms with E-state index in [4.69, 9.17) is 0 Å². The second-order valence-electron chi connectivity index (χ2n) is 8.05. The van der Waals surface area contributed by atoms with Crippen LogP contribution in [-0.4, -0.2) is 27.3 Å². The predicted molar refractivity (Wildman–Crippen MR) is 120 cm³/mol. The van der Waals surface area contributed by atoms with Crippen molar-refractivity contribution in [1.29, 1.82) is 0 Å². The maximum atomic E-state index is 11.5. The Kier molecular flexibility index (Phi) is 7.47. The van der Waals surface area contributed by atoms with Gasteiger partial charge < -0.3 is 20.5 Å². The first-order chi connectivity index (χ1) is 13.2. The molecule has 156 valence electrons. The molecule has 0 bridgehead atoms. The van der Waals surface area contributed by atoms with Crippen LogP contribution in [0.3, 0.4) is 0 Å². The van der Waals surface area contributed by atoms with Crippen LogP contribution in [0.15, 0.2) is 53.3 Å². The van der Waals surface area contributed by atoms with Crippen LogP contribution >= 0.6 is 12.4 Å². The monoisotopic (exact) mass is 416 g/mol. The third kappa shape index (κ3) is 5.82. The van der Waals surface area contributed by atoms with Crippen molar-refractivity contribution in [3.8, 4) is 5.75 Å². The molecule has 0 aliphatic rings. The molecule has 0 amide bonds. The fourth-order valence-corrected chi connectivity index (χ4v) is 3.33. The Bertz CT molecular complexity index is 1010. The Balaban J connectivity index is 0.00000300. The van der Waals surface area contributed by atoms with Gasteiger partial charge in [0.25, 0.3) is 0 Å². The van der Waals surface area contributed by atoms with Crippen LogP contribution in [0, 0.1) is 6.92 Å². The molecule has 3 aromatic rings. The highest BCUT2D eigenvalue weighted by Gasteiger charge is 2.20. The number of phenols is 1. The number of hydrogen-bond acceptors (Lipinski definition) is 4. The molecular formula is C23H29ClN2O3. The lowest BCUT2D eigenvalue weighted by Gasteiger charge is -2.28. The molecule has 0 aliphatic carbocycles. The Hall–Kier alpha value is -2.34. The number of hydrogen-bond donors (Lipinski definition) is 4. The first kappa shape index (κ1) is 22.9. The minimum absolute atomic E-state index is 0. The van der Waals surface area contributed by atoms with Crippen molar-refractivity contribution >= 4 is 23.3 Å². The number of aromatic amines is 1. The number of fused-ring (bicyclic) bond motifs is 1. The van der Waals surface area contributed by atoms with Gasteiger partial charge in [-0.2, -0.15) is 0 Å². The first-order valence-electron chi connectivity index (χ1n) is 9.59. The van der Waals surface area contributed by atoms with Gasteiger partial charge in [0, 0.05) is 23.5 Å². The van der Waals surface area contributed by atoms with Crippen LogP contribution in [0.1, 0.15) is 43.1 Å². The van der Waals surface area contributed by atoms with Gasteiger partial charge >= 0.3 is 0 Å². The fraction of sp³-hybridized carbons (Fsp3) is 0.348. The highest BCUT2D eigenvalue weighted by molar-refractivity contribution is 5.87. The summed E-state index contributed by atoms with van der Waals surface area (Å²) in [7, 11) is 0. The van der Waals surface area contributed by atoms with Gasteiger partial charge in [-0.05, 0) is 56.9 Å². The zero-order valence-corrected chi connectivity index (χ0v) is 17.8. The van der Waals surface area contributed by atoms with Gasteiger partial charge in [-0.1, -0.05) is 35.9 Å². The average molecular weight is 417 g/mol. The van der Waals surface area contributed by atoms with E-state index >= 15 is 0 Å². The van der Waals surface area contributed by atoms with Crippen LogP contribution in [0.25, 0.3) is 10.9 Å². The summed E-state index contributed by atoms with van der Waals surface area (Å²) < 4.78 is 0. The lowest BCUT2D eigenvalue weighted by Crippen LogP contribution is -2.42. The van der Waals surface area contributed by atoms with Crippen molar-refractivity contribution in [1.82, 2.24) is 10.3 Å². The highest BCUT2D eigenvalue weighted by Crippen LogP contribution is 2.29. The average Bonchev–Trinajstić information content (AvgIpc) is 2.66. The van der Waals surface area contributed by atoms with Crippen molar-refractivity contribution in [2.24, 2.45) is 0 Å². The Labute approximate surface area is 177 Å². The lowest BCUT2D eigenvalue weighted by atomic mass is 9.94. The molecule has 1 atom stereocenters. The third-order valence-corrected chi connectivity index (χ3v) is 5.20. The van der Waals surface area contributed by atoms with Gasteiger partial charge in [-0.3, -0.25) is 4.79 Å². The Morgan fingerprint density at radius 3 is 2.45 bits per heavy atom. The quantitative estimate of drug-likeness (QED) is 0.469. The number of aliphatic hydroxyl groups is 1. The zero-order valence-electron chi connectivity index (χ0n) is 17.0. The van der Waals surface area contributed by atoms with Gasteiger partial charge in [-0.15, -0.1) is 12.4 Å². The Morgan fingerprint density at radius 1 is 1.07 bits per heavy atom.